The van der Waals surface area contributed by atoms with Crippen molar-refractivity contribution >= 4 is 38.9 Å². The minimum absolute atomic E-state index is 0.739. The highest BCUT2D eigenvalue weighted by molar-refractivity contribution is 9.10. The van der Waals surface area contributed by atoms with Crippen molar-refractivity contribution in [1.82, 2.24) is 0 Å². The summed E-state index contributed by atoms with van der Waals surface area (Å²) in [5.41, 5.74) is 3.63. The molecular formula is C17H18BrClN2. The lowest BCUT2D eigenvalue weighted by molar-refractivity contribution is 0.949. The molecule has 1 fully saturated rings. The van der Waals surface area contributed by atoms with Gasteiger partial charge in [-0.05, 0) is 42.7 Å². The van der Waals surface area contributed by atoms with E-state index in [0.29, 0.717) is 0 Å². The van der Waals surface area contributed by atoms with Gasteiger partial charge in [-0.15, -0.1) is 0 Å². The van der Waals surface area contributed by atoms with Crippen LogP contribution in [0.2, 0.25) is 5.02 Å². The summed E-state index contributed by atoms with van der Waals surface area (Å²) < 4.78 is 0.996. The topological polar surface area (TPSA) is 15.3 Å². The van der Waals surface area contributed by atoms with E-state index in [4.69, 9.17) is 11.6 Å². The maximum atomic E-state index is 6.26. The molecule has 0 radical (unpaired) electrons. The van der Waals surface area contributed by atoms with Crippen molar-refractivity contribution in [2.24, 2.45) is 0 Å². The van der Waals surface area contributed by atoms with Gasteiger partial charge < -0.3 is 10.2 Å². The summed E-state index contributed by atoms with van der Waals surface area (Å²) in [5.74, 6) is 0. The van der Waals surface area contributed by atoms with Gasteiger partial charge in [0.1, 0.15) is 0 Å². The Balaban J connectivity index is 1.75. The van der Waals surface area contributed by atoms with Crippen LogP contribution >= 0.6 is 27.5 Å². The van der Waals surface area contributed by atoms with Crippen LogP contribution in [-0.4, -0.2) is 13.1 Å². The number of hydrogen-bond donors (Lipinski definition) is 1. The average Bonchev–Trinajstić information content (AvgIpc) is 3.01. The van der Waals surface area contributed by atoms with Crippen LogP contribution in [0.3, 0.4) is 0 Å². The molecule has 2 nitrogen and oxygen atoms in total. The monoisotopic (exact) mass is 364 g/mol. The molecule has 0 atom stereocenters. The third-order valence-corrected chi connectivity index (χ3v) is 4.64. The molecule has 2 aromatic carbocycles. The van der Waals surface area contributed by atoms with Crippen LogP contribution in [0.1, 0.15) is 18.4 Å². The largest absolute Gasteiger partial charge is 0.380 e. The van der Waals surface area contributed by atoms with E-state index in [2.05, 4.69) is 50.4 Å². The van der Waals surface area contributed by atoms with Crippen molar-refractivity contribution in [2.75, 3.05) is 23.3 Å². The molecular weight excluding hydrogens is 348 g/mol. The Morgan fingerprint density at radius 3 is 2.62 bits per heavy atom. The first-order chi connectivity index (χ1) is 10.2. The maximum Gasteiger partial charge on any atom is 0.0648 e. The highest BCUT2D eigenvalue weighted by Gasteiger charge is 2.15. The zero-order chi connectivity index (χ0) is 14.7. The standard InChI is InChI=1S/C17H18BrClN2/c18-14-7-8-16(15(19)11-14)20-12-13-5-1-2-6-17(13)21-9-3-4-10-21/h1-2,5-8,11,20H,3-4,9-10,12H2. The lowest BCUT2D eigenvalue weighted by Crippen LogP contribution is -2.19. The number of benzene rings is 2. The molecule has 3 rings (SSSR count). The number of halogens is 2. The van der Waals surface area contributed by atoms with Crippen molar-refractivity contribution in [3.05, 3.63) is 57.5 Å². The molecule has 0 aliphatic carbocycles. The first-order valence-corrected chi connectivity index (χ1v) is 8.43. The number of nitrogens with one attached hydrogen (secondary N) is 1. The van der Waals surface area contributed by atoms with Crippen LogP contribution < -0.4 is 10.2 Å². The van der Waals surface area contributed by atoms with E-state index in [0.717, 1.165) is 34.8 Å². The molecule has 1 heterocycles. The van der Waals surface area contributed by atoms with E-state index in [1.807, 2.05) is 18.2 Å². The predicted molar refractivity (Wildman–Crippen MR) is 94.4 cm³/mol. The van der Waals surface area contributed by atoms with Crippen LogP contribution in [0, 0.1) is 0 Å². The number of hydrogen-bond acceptors (Lipinski definition) is 2. The van der Waals surface area contributed by atoms with Gasteiger partial charge in [-0.25, -0.2) is 0 Å². The molecule has 1 aliphatic heterocycles. The minimum atomic E-state index is 0.739. The summed E-state index contributed by atoms with van der Waals surface area (Å²) in [7, 11) is 0. The van der Waals surface area contributed by atoms with Gasteiger partial charge in [0.25, 0.3) is 0 Å². The van der Waals surface area contributed by atoms with E-state index < -0.39 is 0 Å². The Bertz CT molecular complexity index is 624. The fourth-order valence-electron chi connectivity index (χ4n) is 2.75. The van der Waals surface area contributed by atoms with Crippen molar-refractivity contribution in [3.8, 4) is 0 Å². The highest BCUT2D eigenvalue weighted by Crippen LogP contribution is 2.28. The lowest BCUT2D eigenvalue weighted by Gasteiger charge is -2.22. The minimum Gasteiger partial charge on any atom is -0.380 e. The third kappa shape index (κ3) is 3.53. The number of anilines is 2. The summed E-state index contributed by atoms with van der Waals surface area (Å²) >= 11 is 9.69. The van der Waals surface area contributed by atoms with Gasteiger partial charge in [0, 0.05) is 29.8 Å². The first-order valence-electron chi connectivity index (χ1n) is 7.26. The maximum absolute atomic E-state index is 6.26. The van der Waals surface area contributed by atoms with Crippen LogP contribution in [0.25, 0.3) is 0 Å². The molecule has 0 saturated carbocycles. The molecule has 1 aliphatic rings. The Labute approximate surface area is 139 Å². The highest BCUT2D eigenvalue weighted by atomic mass is 79.9. The molecule has 2 aromatic rings. The number of nitrogens with zero attached hydrogens (tertiary/aromatic N) is 1. The molecule has 0 bridgehead atoms. The van der Waals surface area contributed by atoms with Crippen LogP contribution in [0.4, 0.5) is 11.4 Å². The van der Waals surface area contributed by atoms with E-state index >= 15 is 0 Å². The van der Waals surface area contributed by atoms with Gasteiger partial charge in [-0.3, -0.25) is 0 Å². The third-order valence-electron chi connectivity index (χ3n) is 3.84. The van der Waals surface area contributed by atoms with Crippen molar-refractivity contribution in [3.63, 3.8) is 0 Å². The zero-order valence-electron chi connectivity index (χ0n) is 11.8. The summed E-state index contributed by atoms with van der Waals surface area (Å²) in [5, 5.41) is 4.18. The molecule has 0 unspecified atom stereocenters. The normalized spacial score (nSPS) is 14.5. The Morgan fingerprint density at radius 1 is 1.10 bits per heavy atom. The Kier molecular flexibility index (Phi) is 4.71. The fraction of sp³-hybridized carbons (Fsp3) is 0.294. The quantitative estimate of drug-likeness (QED) is 0.789. The molecule has 0 spiro atoms. The van der Waals surface area contributed by atoms with Crippen LogP contribution in [-0.2, 0) is 6.54 Å². The smallest absolute Gasteiger partial charge is 0.0648 e. The number of para-hydroxylation sites is 1. The van der Waals surface area contributed by atoms with Gasteiger partial charge in [0.15, 0.2) is 0 Å². The van der Waals surface area contributed by atoms with Gasteiger partial charge in [0.2, 0.25) is 0 Å². The second-order valence-electron chi connectivity index (χ2n) is 5.30. The first kappa shape index (κ1) is 14.7. The second kappa shape index (κ2) is 6.71. The lowest BCUT2D eigenvalue weighted by atomic mass is 10.1. The molecule has 110 valence electrons. The van der Waals surface area contributed by atoms with Crippen LogP contribution in [0.5, 0.6) is 0 Å². The summed E-state index contributed by atoms with van der Waals surface area (Å²) in [4.78, 5) is 2.47. The average molecular weight is 366 g/mol. The molecule has 4 heteroatoms. The fourth-order valence-corrected chi connectivity index (χ4v) is 3.49. The molecule has 0 amide bonds. The van der Waals surface area contributed by atoms with Gasteiger partial charge in [-0.1, -0.05) is 45.7 Å². The Hall–Kier alpha value is -1.19. The van der Waals surface area contributed by atoms with Crippen molar-refractivity contribution in [1.29, 1.82) is 0 Å². The van der Waals surface area contributed by atoms with Crippen molar-refractivity contribution in [2.45, 2.75) is 19.4 Å². The van der Waals surface area contributed by atoms with E-state index in [9.17, 15) is 0 Å². The number of rotatable bonds is 4. The summed E-state index contributed by atoms with van der Waals surface area (Å²) in [6.07, 6.45) is 2.58. The van der Waals surface area contributed by atoms with Crippen LogP contribution in [0.15, 0.2) is 46.9 Å². The summed E-state index contributed by atoms with van der Waals surface area (Å²) in [6, 6.07) is 14.5. The predicted octanol–water partition coefficient (Wildman–Crippen LogP) is 5.31. The van der Waals surface area contributed by atoms with E-state index in [1.165, 1.54) is 24.1 Å². The zero-order valence-corrected chi connectivity index (χ0v) is 14.1. The molecule has 1 saturated heterocycles. The molecule has 21 heavy (non-hydrogen) atoms. The van der Waals surface area contributed by atoms with E-state index in [1.54, 1.807) is 0 Å². The second-order valence-corrected chi connectivity index (χ2v) is 6.62. The van der Waals surface area contributed by atoms with E-state index in [-0.39, 0.29) is 0 Å². The van der Waals surface area contributed by atoms with Gasteiger partial charge in [-0.2, -0.15) is 0 Å². The van der Waals surface area contributed by atoms with Gasteiger partial charge in [0.05, 0.1) is 10.7 Å². The summed E-state index contributed by atoms with van der Waals surface area (Å²) in [6.45, 7) is 3.11. The molecule has 0 aromatic heterocycles. The Morgan fingerprint density at radius 2 is 1.86 bits per heavy atom. The van der Waals surface area contributed by atoms with Crippen molar-refractivity contribution < 1.29 is 0 Å². The SMILES string of the molecule is Clc1cc(Br)ccc1NCc1ccccc1N1CCCC1. The van der Waals surface area contributed by atoms with Gasteiger partial charge >= 0.3 is 0 Å². The molecule has 1 N–H and O–H groups in total.